The first-order valence-corrected chi connectivity index (χ1v) is 33.1. The fourth-order valence-corrected chi connectivity index (χ4v) is 9.33. The fourth-order valence-electron chi connectivity index (χ4n) is 9.33. The van der Waals surface area contributed by atoms with Gasteiger partial charge in [0, 0.05) is 19.3 Å². The van der Waals surface area contributed by atoms with Gasteiger partial charge in [-0.1, -0.05) is 273 Å². The van der Waals surface area contributed by atoms with Crippen LogP contribution in [0.1, 0.15) is 329 Å². The molecule has 77 heavy (non-hydrogen) atoms. The van der Waals surface area contributed by atoms with Gasteiger partial charge in [-0.05, 0) is 122 Å². The third kappa shape index (κ3) is 63.3. The molecule has 0 radical (unpaired) electrons. The number of ether oxygens (including phenoxy) is 3. The van der Waals surface area contributed by atoms with Crippen LogP contribution in [-0.4, -0.2) is 37.2 Å². The molecule has 0 spiro atoms. The third-order valence-electron chi connectivity index (χ3n) is 14.3. The van der Waals surface area contributed by atoms with E-state index in [2.05, 4.69) is 106 Å². The topological polar surface area (TPSA) is 78.9 Å². The Hall–Kier alpha value is -3.41. The zero-order valence-corrected chi connectivity index (χ0v) is 51.0. The quantitative estimate of drug-likeness (QED) is 0.0261. The van der Waals surface area contributed by atoms with Crippen molar-refractivity contribution in [3.8, 4) is 0 Å². The lowest BCUT2D eigenvalue weighted by Crippen LogP contribution is -2.30. The molecule has 0 rings (SSSR count). The number of unbranched alkanes of at least 4 members (excludes halogenated alkanes) is 35. The molecular weight excluding hydrogens is 949 g/mol. The molecule has 6 heteroatoms. The Balaban J connectivity index is 4.26. The normalized spacial score (nSPS) is 12.6. The maximum atomic E-state index is 12.9. The van der Waals surface area contributed by atoms with Crippen molar-refractivity contribution in [2.75, 3.05) is 13.2 Å². The summed E-state index contributed by atoms with van der Waals surface area (Å²) >= 11 is 0. The minimum absolute atomic E-state index is 0.0857. The average molecular weight is 1070 g/mol. The summed E-state index contributed by atoms with van der Waals surface area (Å²) in [6.07, 6.45) is 85.9. The van der Waals surface area contributed by atoms with E-state index in [1.807, 2.05) is 0 Å². The van der Waals surface area contributed by atoms with Crippen molar-refractivity contribution in [3.05, 3.63) is 85.1 Å². The standard InChI is InChI=1S/C71H124O6/c1-4-7-10-13-16-19-22-25-28-29-30-31-32-33-34-35-36-37-38-39-40-41-44-46-49-52-55-58-61-64-70(73)76-67-68(77-71(74)65-62-59-56-53-50-47-43-27-24-21-18-15-12-9-6-3)66-75-69(72)63-60-57-54-51-48-45-42-26-23-20-17-14-11-8-5-2/h17-18,20-22,25-27,29-30,32-33,42-43,68H,4-16,19,23-24,28,31,34-41,44-67H2,1-3H3/b20-17-,21-18-,25-22-,30-29-,33-32-,42-26-,43-27-. The average Bonchev–Trinajstić information content (AvgIpc) is 3.43. The van der Waals surface area contributed by atoms with Crippen LogP contribution in [0.5, 0.6) is 0 Å². The lowest BCUT2D eigenvalue weighted by Gasteiger charge is -2.18. The molecule has 444 valence electrons. The molecule has 0 saturated carbocycles. The highest BCUT2D eigenvalue weighted by molar-refractivity contribution is 5.71. The lowest BCUT2D eigenvalue weighted by atomic mass is 10.0. The molecular formula is C71H124O6. The van der Waals surface area contributed by atoms with Crippen LogP contribution in [0.25, 0.3) is 0 Å². The summed E-state index contributed by atoms with van der Waals surface area (Å²) in [5, 5.41) is 0. The van der Waals surface area contributed by atoms with Crippen molar-refractivity contribution >= 4 is 17.9 Å². The van der Waals surface area contributed by atoms with Crippen molar-refractivity contribution in [2.45, 2.75) is 335 Å². The summed E-state index contributed by atoms with van der Waals surface area (Å²) in [6.45, 7) is 6.58. The Morgan fingerprint density at radius 2 is 0.468 bits per heavy atom. The molecule has 0 aromatic heterocycles. The van der Waals surface area contributed by atoms with E-state index < -0.39 is 6.10 Å². The van der Waals surface area contributed by atoms with Crippen LogP contribution in [0.15, 0.2) is 85.1 Å². The number of rotatable bonds is 60. The number of allylic oxidation sites excluding steroid dienone is 14. The molecule has 0 aliphatic carbocycles. The summed E-state index contributed by atoms with van der Waals surface area (Å²) in [7, 11) is 0. The van der Waals surface area contributed by atoms with Crippen LogP contribution in [0.2, 0.25) is 0 Å². The zero-order chi connectivity index (χ0) is 55.7. The Bertz CT molecular complexity index is 1470. The van der Waals surface area contributed by atoms with Crippen LogP contribution >= 0.6 is 0 Å². The van der Waals surface area contributed by atoms with E-state index in [-0.39, 0.29) is 31.1 Å². The second kappa shape index (κ2) is 65.1. The van der Waals surface area contributed by atoms with Crippen molar-refractivity contribution in [2.24, 2.45) is 0 Å². The van der Waals surface area contributed by atoms with Crippen molar-refractivity contribution in [1.82, 2.24) is 0 Å². The monoisotopic (exact) mass is 1070 g/mol. The molecule has 0 amide bonds. The minimum Gasteiger partial charge on any atom is -0.462 e. The van der Waals surface area contributed by atoms with E-state index >= 15 is 0 Å². The maximum Gasteiger partial charge on any atom is 0.306 e. The van der Waals surface area contributed by atoms with Crippen LogP contribution in [0, 0.1) is 0 Å². The van der Waals surface area contributed by atoms with Gasteiger partial charge in [0.1, 0.15) is 13.2 Å². The number of esters is 3. The highest BCUT2D eigenvalue weighted by Gasteiger charge is 2.19. The van der Waals surface area contributed by atoms with Crippen LogP contribution in [-0.2, 0) is 28.6 Å². The van der Waals surface area contributed by atoms with Gasteiger partial charge in [0.25, 0.3) is 0 Å². The Labute approximate surface area is 477 Å². The van der Waals surface area contributed by atoms with E-state index in [1.54, 1.807) is 0 Å². The Morgan fingerprint density at radius 3 is 0.753 bits per heavy atom. The minimum atomic E-state index is -0.791. The van der Waals surface area contributed by atoms with Gasteiger partial charge in [0.05, 0.1) is 0 Å². The number of carbonyl (C=O) groups is 3. The number of carbonyl (C=O) groups excluding carboxylic acids is 3. The van der Waals surface area contributed by atoms with Gasteiger partial charge in [-0.2, -0.15) is 0 Å². The summed E-state index contributed by atoms with van der Waals surface area (Å²) in [5.74, 6) is -0.903. The molecule has 6 nitrogen and oxygen atoms in total. The van der Waals surface area contributed by atoms with Gasteiger partial charge in [-0.15, -0.1) is 0 Å². The van der Waals surface area contributed by atoms with E-state index in [0.717, 1.165) is 116 Å². The van der Waals surface area contributed by atoms with Crippen LogP contribution in [0.3, 0.4) is 0 Å². The molecule has 0 N–H and O–H groups in total. The zero-order valence-electron chi connectivity index (χ0n) is 51.0. The largest absolute Gasteiger partial charge is 0.462 e. The van der Waals surface area contributed by atoms with Gasteiger partial charge in [0.15, 0.2) is 6.10 Å². The molecule has 0 aromatic rings. The van der Waals surface area contributed by atoms with Gasteiger partial charge < -0.3 is 14.2 Å². The van der Waals surface area contributed by atoms with E-state index in [1.165, 1.54) is 173 Å². The highest BCUT2D eigenvalue weighted by Crippen LogP contribution is 2.16. The summed E-state index contributed by atoms with van der Waals surface area (Å²) in [4.78, 5) is 38.3. The Kier molecular flexibility index (Phi) is 62.2. The second-order valence-corrected chi connectivity index (χ2v) is 22.0. The first-order chi connectivity index (χ1) is 38.0. The highest BCUT2D eigenvalue weighted by atomic mass is 16.6. The van der Waals surface area contributed by atoms with Gasteiger partial charge >= 0.3 is 17.9 Å². The molecule has 0 aromatic carbocycles. The first kappa shape index (κ1) is 73.6. The summed E-state index contributed by atoms with van der Waals surface area (Å²) in [5.41, 5.74) is 0. The van der Waals surface area contributed by atoms with Crippen LogP contribution in [0.4, 0.5) is 0 Å². The van der Waals surface area contributed by atoms with E-state index in [0.29, 0.717) is 19.3 Å². The molecule has 0 bridgehead atoms. The Morgan fingerprint density at radius 1 is 0.260 bits per heavy atom. The van der Waals surface area contributed by atoms with Gasteiger partial charge in [-0.25, -0.2) is 0 Å². The number of hydrogen-bond acceptors (Lipinski definition) is 6. The SMILES string of the molecule is CCCCC/C=C\C/C=C\CCCCCCCC(=O)OCC(COC(=O)CCCCCCCCCCCCCCCC/C=C\C/C=C\C/C=C\CCCCCCC)OC(=O)CCCCCCC/C=C\C/C=C\CCCCC. The lowest BCUT2D eigenvalue weighted by molar-refractivity contribution is -0.167. The van der Waals surface area contributed by atoms with Crippen molar-refractivity contribution in [1.29, 1.82) is 0 Å². The molecule has 1 atom stereocenters. The molecule has 0 heterocycles. The molecule has 0 aliphatic rings. The third-order valence-corrected chi connectivity index (χ3v) is 14.3. The number of hydrogen-bond donors (Lipinski definition) is 0. The molecule has 0 fully saturated rings. The smallest absolute Gasteiger partial charge is 0.306 e. The molecule has 1 unspecified atom stereocenters. The fraction of sp³-hybridized carbons (Fsp3) is 0.761. The predicted molar refractivity (Wildman–Crippen MR) is 334 cm³/mol. The summed E-state index contributed by atoms with van der Waals surface area (Å²) < 4.78 is 16.9. The van der Waals surface area contributed by atoms with E-state index in [4.69, 9.17) is 14.2 Å². The second-order valence-electron chi connectivity index (χ2n) is 22.0. The predicted octanol–water partition coefficient (Wildman–Crippen LogP) is 22.7. The molecule has 0 aliphatic heterocycles. The molecule has 0 saturated heterocycles. The van der Waals surface area contributed by atoms with E-state index in [9.17, 15) is 14.4 Å². The van der Waals surface area contributed by atoms with Gasteiger partial charge in [0.2, 0.25) is 0 Å². The first-order valence-electron chi connectivity index (χ1n) is 33.1. The van der Waals surface area contributed by atoms with Crippen molar-refractivity contribution < 1.29 is 28.6 Å². The van der Waals surface area contributed by atoms with Gasteiger partial charge in [-0.3, -0.25) is 14.4 Å². The maximum absolute atomic E-state index is 12.9. The summed E-state index contributed by atoms with van der Waals surface area (Å²) in [6, 6.07) is 0. The van der Waals surface area contributed by atoms with Crippen molar-refractivity contribution in [3.63, 3.8) is 0 Å². The van der Waals surface area contributed by atoms with Crippen LogP contribution < -0.4 is 0 Å².